The van der Waals surface area contributed by atoms with Gasteiger partial charge in [-0.2, -0.15) is 0 Å². The molecule has 11 heavy (non-hydrogen) atoms. The predicted octanol–water partition coefficient (Wildman–Crippen LogP) is 3.68. The van der Waals surface area contributed by atoms with Crippen molar-refractivity contribution >= 4 is 17.7 Å². The van der Waals surface area contributed by atoms with Crippen molar-refractivity contribution in [2.24, 2.45) is 0 Å². The molecule has 0 aliphatic heterocycles. The van der Waals surface area contributed by atoms with E-state index in [9.17, 15) is 0 Å². The van der Waals surface area contributed by atoms with Crippen LogP contribution < -0.4 is 0 Å². The second kappa shape index (κ2) is 3.59. The summed E-state index contributed by atoms with van der Waals surface area (Å²) in [4.78, 5) is 0. The standard InChI is InChI=1S/C10H11Cl/c1-3-4-9-6-5-8(2)7-10(9)11/h3-7H,1-2H3/b4-3+. The van der Waals surface area contributed by atoms with Gasteiger partial charge in [-0.3, -0.25) is 0 Å². The van der Waals surface area contributed by atoms with E-state index < -0.39 is 0 Å². The summed E-state index contributed by atoms with van der Waals surface area (Å²) in [5.74, 6) is 0. The summed E-state index contributed by atoms with van der Waals surface area (Å²) in [5, 5.41) is 0.822. The van der Waals surface area contributed by atoms with Crippen molar-refractivity contribution in [3.8, 4) is 0 Å². The minimum absolute atomic E-state index is 0.822. The molecule has 0 aromatic heterocycles. The molecule has 0 spiro atoms. The second-order valence-corrected chi connectivity index (χ2v) is 2.93. The van der Waals surface area contributed by atoms with E-state index in [4.69, 9.17) is 11.6 Å². The third-order valence-corrected chi connectivity index (χ3v) is 1.83. The number of aryl methyl sites for hydroxylation is 1. The maximum absolute atomic E-state index is 5.96. The summed E-state index contributed by atoms with van der Waals surface area (Å²) in [6.45, 7) is 4.02. The first kappa shape index (κ1) is 8.35. The van der Waals surface area contributed by atoms with Crippen molar-refractivity contribution in [2.75, 3.05) is 0 Å². The largest absolute Gasteiger partial charge is 0.0870 e. The first-order valence-electron chi connectivity index (χ1n) is 3.63. The van der Waals surface area contributed by atoms with Crippen LogP contribution in [0.4, 0.5) is 0 Å². The summed E-state index contributed by atoms with van der Waals surface area (Å²) in [6, 6.07) is 6.05. The number of benzene rings is 1. The minimum atomic E-state index is 0.822. The third-order valence-electron chi connectivity index (χ3n) is 1.50. The maximum Gasteiger partial charge on any atom is 0.0480 e. The molecule has 0 nitrogen and oxygen atoms in total. The molecule has 0 fully saturated rings. The molecule has 1 heteroatoms. The van der Waals surface area contributed by atoms with Gasteiger partial charge in [0.05, 0.1) is 0 Å². The first-order valence-corrected chi connectivity index (χ1v) is 4.00. The fourth-order valence-corrected chi connectivity index (χ4v) is 1.24. The Morgan fingerprint density at radius 2 is 2.09 bits per heavy atom. The lowest BCUT2D eigenvalue weighted by molar-refractivity contribution is 1.46. The highest BCUT2D eigenvalue weighted by atomic mass is 35.5. The van der Waals surface area contributed by atoms with Crippen molar-refractivity contribution in [1.29, 1.82) is 0 Å². The quantitative estimate of drug-likeness (QED) is 0.597. The Hall–Kier alpha value is -0.750. The maximum atomic E-state index is 5.96. The number of halogens is 1. The molecule has 0 radical (unpaired) electrons. The van der Waals surface area contributed by atoms with E-state index in [0.717, 1.165) is 10.6 Å². The van der Waals surface area contributed by atoms with Gasteiger partial charge in [0.2, 0.25) is 0 Å². The van der Waals surface area contributed by atoms with Crippen LogP contribution in [0.2, 0.25) is 5.02 Å². The Balaban J connectivity index is 3.09. The van der Waals surface area contributed by atoms with Crippen molar-refractivity contribution in [2.45, 2.75) is 13.8 Å². The van der Waals surface area contributed by atoms with Crippen molar-refractivity contribution in [1.82, 2.24) is 0 Å². The second-order valence-electron chi connectivity index (χ2n) is 2.52. The zero-order valence-corrected chi connectivity index (χ0v) is 7.52. The number of allylic oxidation sites excluding steroid dienone is 1. The lowest BCUT2D eigenvalue weighted by Gasteiger charge is -1.98. The van der Waals surface area contributed by atoms with Crippen LogP contribution in [0.15, 0.2) is 24.3 Å². The van der Waals surface area contributed by atoms with Gasteiger partial charge in [0.1, 0.15) is 0 Å². The summed E-state index contributed by atoms with van der Waals surface area (Å²) < 4.78 is 0. The Bertz CT molecular complexity index is 274. The van der Waals surface area contributed by atoms with Crippen molar-refractivity contribution in [3.05, 3.63) is 40.4 Å². The first-order chi connectivity index (χ1) is 5.24. The molecule has 0 heterocycles. The molecule has 0 atom stereocenters. The lowest BCUT2D eigenvalue weighted by atomic mass is 10.1. The van der Waals surface area contributed by atoms with Gasteiger partial charge in [0, 0.05) is 5.02 Å². The van der Waals surface area contributed by atoms with Crippen LogP contribution in [0.5, 0.6) is 0 Å². The summed E-state index contributed by atoms with van der Waals surface area (Å²) >= 11 is 5.96. The van der Waals surface area contributed by atoms with Crippen LogP contribution >= 0.6 is 11.6 Å². The lowest BCUT2D eigenvalue weighted by Crippen LogP contribution is -1.76. The Kier molecular flexibility index (Phi) is 2.72. The third kappa shape index (κ3) is 2.09. The van der Waals surface area contributed by atoms with Crippen LogP contribution in [0, 0.1) is 6.92 Å². The molecule has 0 aliphatic carbocycles. The predicted molar refractivity (Wildman–Crippen MR) is 50.9 cm³/mol. The molecular weight excluding hydrogens is 156 g/mol. The zero-order valence-electron chi connectivity index (χ0n) is 6.76. The average molecular weight is 167 g/mol. The topological polar surface area (TPSA) is 0 Å². The van der Waals surface area contributed by atoms with Crippen molar-refractivity contribution in [3.63, 3.8) is 0 Å². The molecule has 0 aliphatic rings. The number of hydrogen-bond acceptors (Lipinski definition) is 0. The van der Waals surface area contributed by atoms with Crippen LogP contribution in [-0.4, -0.2) is 0 Å². The van der Waals surface area contributed by atoms with Gasteiger partial charge in [-0.1, -0.05) is 35.9 Å². The smallest absolute Gasteiger partial charge is 0.0480 e. The van der Waals surface area contributed by atoms with Gasteiger partial charge in [-0.25, -0.2) is 0 Å². The molecule has 58 valence electrons. The Labute approximate surface area is 72.5 Å². The van der Waals surface area contributed by atoms with Crippen LogP contribution in [0.1, 0.15) is 18.1 Å². The zero-order chi connectivity index (χ0) is 8.27. The fraction of sp³-hybridized carbons (Fsp3) is 0.200. The molecule has 0 saturated carbocycles. The molecular formula is C10H11Cl. The number of hydrogen-bond donors (Lipinski definition) is 0. The highest BCUT2D eigenvalue weighted by molar-refractivity contribution is 6.32. The Morgan fingerprint density at radius 1 is 1.36 bits per heavy atom. The van der Waals surface area contributed by atoms with E-state index in [1.165, 1.54) is 5.56 Å². The van der Waals surface area contributed by atoms with E-state index in [1.54, 1.807) is 0 Å². The molecule has 0 unspecified atom stereocenters. The van der Waals surface area contributed by atoms with E-state index in [0.29, 0.717) is 0 Å². The van der Waals surface area contributed by atoms with Gasteiger partial charge in [0.15, 0.2) is 0 Å². The van der Waals surface area contributed by atoms with E-state index in [1.807, 2.05) is 38.1 Å². The van der Waals surface area contributed by atoms with Crippen LogP contribution in [-0.2, 0) is 0 Å². The monoisotopic (exact) mass is 166 g/mol. The SMILES string of the molecule is C/C=C/c1ccc(C)cc1Cl. The summed E-state index contributed by atoms with van der Waals surface area (Å²) in [5.41, 5.74) is 2.28. The van der Waals surface area contributed by atoms with Gasteiger partial charge < -0.3 is 0 Å². The highest BCUT2D eigenvalue weighted by Crippen LogP contribution is 2.18. The normalized spacial score (nSPS) is 10.8. The van der Waals surface area contributed by atoms with E-state index >= 15 is 0 Å². The van der Waals surface area contributed by atoms with E-state index in [2.05, 4.69) is 6.07 Å². The highest BCUT2D eigenvalue weighted by Gasteiger charge is 1.94. The average Bonchev–Trinajstić information content (AvgIpc) is 1.95. The molecule has 1 rings (SSSR count). The van der Waals surface area contributed by atoms with Gasteiger partial charge in [0.25, 0.3) is 0 Å². The van der Waals surface area contributed by atoms with E-state index in [-0.39, 0.29) is 0 Å². The molecule has 0 N–H and O–H groups in total. The molecule has 0 bridgehead atoms. The van der Waals surface area contributed by atoms with Crippen LogP contribution in [0.25, 0.3) is 6.08 Å². The minimum Gasteiger partial charge on any atom is -0.0870 e. The van der Waals surface area contributed by atoms with Gasteiger partial charge in [-0.15, -0.1) is 0 Å². The van der Waals surface area contributed by atoms with Crippen LogP contribution in [0.3, 0.4) is 0 Å². The molecule has 0 saturated heterocycles. The summed E-state index contributed by atoms with van der Waals surface area (Å²) in [6.07, 6.45) is 3.98. The fourth-order valence-electron chi connectivity index (χ4n) is 0.947. The van der Waals surface area contributed by atoms with Gasteiger partial charge >= 0.3 is 0 Å². The molecule has 0 amide bonds. The van der Waals surface area contributed by atoms with Gasteiger partial charge in [-0.05, 0) is 31.0 Å². The van der Waals surface area contributed by atoms with Crippen molar-refractivity contribution < 1.29 is 0 Å². The Morgan fingerprint density at radius 3 is 2.64 bits per heavy atom. The molecule has 1 aromatic carbocycles. The summed E-state index contributed by atoms with van der Waals surface area (Å²) in [7, 11) is 0. The number of rotatable bonds is 1. The molecule has 1 aromatic rings.